The van der Waals surface area contributed by atoms with E-state index in [-0.39, 0.29) is 11.1 Å². The monoisotopic (exact) mass is 1350 g/mol. The van der Waals surface area contributed by atoms with Crippen LogP contribution in [0.4, 0.5) is 5.69 Å². The molecule has 4 N–H and O–H groups in total. The van der Waals surface area contributed by atoms with E-state index in [9.17, 15) is 0 Å². The molecule has 5 aliphatic heterocycles. The van der Waals surface area contributed by atoms with Gasteiger partial charge in [0.25, 0.3) is 11.8 Å². The van der Waals surface area contributed by atoms with Gasteiger partial charge in [-0.3, -0.25) is 9.59 Å². The van der Waals surface area contributed by atoms with Gasteiger partial charge in [0.1, 0.15) is 0 Å². The number of rotatable bonds is 9. The fourth-order valence-electron chi connectivity index (χ4n) is 15.7. The van der Waals surface area contributed by atoms with E-state index in [2.05, 4.69) is 251 Å². The summed E-state index contributed by atoms with van der Waals surface area (Å²) in [7, 11) is 0. The van der Waals surface area contributed by atoms with Crippen LogP contribution in [0.5, 0.6) is 0 Å². The highest BCUT2D eigenvalue weighted by atomic mass is 16.2. The van der Waals surface area contributed by atoms with E-state index in [4.69, 9.17) is 19.9 Å². The summed E-state index contributed by atoms with van der Waals surface area (Å²) < 4.78 is 0. The van der Waals surface area contributed by atoms with Gasteiger partial charge in [0, 0.05) is 99.8 Å². The maximum absolute atomic E-state index is 15.7. The molecule has 105 heavy (non-hydrogen) atoms. The van der Waals surface area contributed by atoms with Gasteiger partial charge in [0.15, 0.2) is 0 Å². The van der Waals surface area contributed by atoms with E-state index in [1.54, 1.807) is 0 Å². The molecule has 0 saturated carbocycles. The number of hydrogen-bond acceptors (Lipinski definition) is 6. The fraction of sp³-hybridized carbons (Fsp3) is 0. The minimum Gasteiger partial charge on any atom is -0.354 e. The van der Waals surface area contributed by atoms with Crippen molar-refractivity contribution < 1.29 is 9.59 Å². The van der Waals surface area contributed by atoms with E-state index in [0.29, 0.717) is 28.2 Å². The number of H-pyrrole nitrogens is 4. The van der Waals surface area contributed by atoms with Gasteiger partial charge >= 0.3 is 0 Å². The average Bonchev–Trinajstić information content (AvgIpc) is 1.56. The minimum absolute atomic E-state index is 0.274. The number of anilines is 1. The van der Waals surface area contributed by atoms with Gasteiger partial charge in [-0.15, -0.1) is 0 Å². The molecule has 0 spiro atoms. The number of hydrogen-bond donors (Lipinski definition) is 4. The number of carbonyl (C=O) groups is 2. The number of imide groups is 1. The van der Waals surface area contributed by atoms with Gasteiger partial charge in [0.2, 0.25) is 0 Å². The lowest BCUT2D eigenvalue weighted by molar-refractivity contribution is 0.0926. The summed E-state index contributed by atoms with van der Waals surface area (Å²) in [5.74, 6) is -0.887. The minimum atomic E-state index is -0.444. The lowest BCUT2D eigenvalue weighted by atomic mass is 9.92. The van der Waals surface area contributed by atoms with Crippen molar-refractivity contribution in [2.24, 2.45) is 0 Å². The SMILES string of the molecule is O=C1c2cc3c(cc2C(=O)N1c1ccc(-c2c4nc(c(-c5ccccc5)c5ccc([nH]5)c(-c5ccccc5)c5nc(c(-c6ccccc6)c6ccc2[nH]6)C=C5)C=C4)cc1)-c1nc-3c(-c2ccccc2)c2ccc([nH]2)c(-c2ccccc2)c2nc(c(-c3ccccc3)c3ccc([nH]3)c1-c1ccccc1)C=C2. The van der Waals surface area contributed by atoms with E-state index in [0.717, 1.165) is 167 Å². The summed E-state index contributed by atoms with van der Waals surface area (Å²) in [5, 5.41) is 0. The Kier molecular flexibility index (Phi) is 14.3. The zero-order chi connectivity index (χ0) is 69.6. The van der Waals surface area contributed by atoms with E-state index in [1.807, 2.05) is 103 Å². The summed E-state index contributed by atoms with van der Waals surface area (Å²) in [6, 6.07) is 101. The molecule has 0 atom stereocenters. The molecular weight excluding hydrogens is 1290 g/mol. The number of amides is 2. The first kappa shape index (κ1) is 60.5. The highest BCUT2D eigenvalue weighted by Gasteiger charge is 2.40. The van der Waals surface area contributed by atoms with Crippen molar-refractivity contribution in [3.05, 3.63) is 343 Å². The molecule has 0 unspecified atom stereocenters. The summed E-state index contributed by atoms with van der Waals surface area (Å²) in [6.45, 7) is 0. The fourth-order valence-corrected chi connectivity index (χ4v) is 15.7. The molecule has 0 saturated heterocycles. The Labute approximate surface area is 603 Å². The molecule has 0 aliphatic carbocycles. The molecular formula is C94H59N9O2. The zero-order valence-corrected chi connectivity index (χ0v) is 56.3. The van der Waals surface area contributed by atoms with Gasteiger partial charge in [-0.25, -0.2) is 24.8 Å². The molecule has 9 aromatic carbocycles. The van der Waals surface area contributed by atoms with Crippen molar-refractivity contribution in [1.29, 1.82) is 0 Å². The number of fused-ring (bicyclic) bond motifs is 20. The smallest absolute Gasteiger partial charge is 0.266 e. The second-order valence-electron chi connectivity index (χ2n) is 26.6. The molecule has 5 aliphatic rings. The van der Waals surface area contributed by atoms with Gasteiger partial charge < -0.3 is 19.9 Å². The van der Waals surface area contributed by atoms with E-state index >= 15 is 9.59 Å². The third-order valence-corrected chi connectivity index (χ3v) is 20.4. The van der Waals surface area contributed by atoms with Crippen molar-refractivity contribution in [3.63, 3.8) is 0 Å². The highest BCUT2D eigenvalue weighted by Crippen LogP contribution is 2.50. The molecule has 6 aromatic heterocycles. The first-order valence-electron chi connectivity index (χ1n) is 35.1. The maximum Gasteiger partial charge on any atom is 0.266 e. The Hall–Kier alpha value is -14.4. The van der Waals surface area contributed by atoms with Gasteiger partial charge in [-0.1, -0.05) is 224 Å². The van der Waals surface area contributed by atoms with Crippen LogP contribution in [0.2, 0.25) is 0 Å². The largest absolute Gasteiger partial charge is 0.354 e. The third-order valence-electron chi connectivity index (χ3n) is 20.4. The van der Waals surface area contributed by atoms with E-state index in [1.165, 1.54) is 4.90 Å². The van der Waals surface area contributed by atoms with Crippen LogP contribution in [-0.2, 0) is 0 Å². The van der Waals surface area contributed by atoms with Gasteiger partial charge in [-0.05, 0) is 154 Å². The molecule has 11 heterocycles. The first-order chi connectivity index (χ1) is 51.9. The number of carbonyl (C=O) groups excluding carboxylic acids is 2. The third kappa shape index (κ3) is 10.3. The van der Waals surface area contributed by atoms with Crippen molar-refractivity contribution in [2.75, 3.05) is 4.90 Å². The number of benzene rings is 9. The van der Waals surface area contributed by atoms with Crippen LogP contribution in [0.1, 0.15) is 54.9 Å². The van der Waals surface area contributed by atoms with Crippen LogP contribution in [-0.4, -0.2) is 51.7 Å². The van der Waals surface area contributed by atoms with Crippen LogP contribution in [0.3, 0.4) is 0 Å². The van der Waals surface area contributed by atoms with Gasteiger partial charge in [0.05, 0.1) is 62.4 Å². The van der Waals surface area contributed by atoms with Crippen molar-refractivity contribution in [1.82, 2.24) is 39.9 Å². The van der Waals surface area contributed by atoms with Crippen LogP contribution >= 0.6 is 0 Å². The number of aromatic nitrogens is 8. The molecule has 16 bridgehead atoms. The second kappa shape index (κ2) is 24.7. The topological polar surface area (TPSA) is 152 Å². The van der Waals surface area contributed by atoms with Crippen molar-refractivity contribution >= 4 is 98.1 Å². The average molecular weight is 1350 g/mol. The second-order valence-corrected chi connectivity index (χ2v) is 26.6. The maximum atomic E-state index is 15.7. The molecule has 15 aromatic rings. The lowest BCUT2D eigenvalue weighted by Gasteiger charge is -2.15. The Balaban J connectivity index is 0.785. The lowest BCUT2D eigenvalue weighted by Crippen LogP contribution is -2.29. The summed E-state index contributed by atoms with van der Waals surface area (Å²) >= 11 is 0. The zero-order valence-electron chi connectivity index (χ0n) is 56.3. The molecule has 11 heteroatoms. The number of nitrogens with one attached hydrogen (secondary N) is 4. The number of aromatic amines is 4. The van der Waals surface area contributed by atoms with Crippen LogP contribution < -0.4 is 4.90 Å². The Bertz CT molecular complexity index is 6320. The van der Waals surface area contributed by atoms with Crippen molar-refractivity contribution in [2.45, 2.75) is 0 Å². The molecule has 20 rings (SSSR count). The summed E-state index contributed by atoms with van der Waals surface area (Å²) in [6.07, 6.45) is 12.6. The Morgan fingerprint density at radius 1 is 0.210 bits per heavy atom. The quantitative estimate of drug-likeness (QED) is 0.106. The standard InChI is InChI=1S/C94H59N9O2/c104-93-67-54-65-66(92-90(62-34-20-7-21-35-62)82-53-51-78(101-82)87(60-30-16-5-17-31-60)76-45-44-75(97-76)86(59-28-14-4-15-29-59)77-50-52-81(100-77)89(91(65)102-92)61-32-18-6-19-33-61)55-68(67)94(105)103(93)64-38-36-63(37-39-64)88-79-48-46-73(98-79)84(57-24-10-2-11-25-57)71-42-40-69(95-71)83(56-22-8-1-9-23-56)70-41-43-72(96-70)85(58-26-12-3-13-27-58)74-47-49-80(88)99-74/h1-55,95,99-101H. The Morgan fingerprint density at radius 3 is 0.657 bits per heavy atom. The highest BCUT2D eigenvalue weighted by molar-refractivity contribution is 6.35. The normalized spacial score (nSPS) is 12.7. The van der Waals surface area contributed by atoms with Crippen LogP contribution in [0.25, 0.3) is 192 Å². The summed E-state index contributed by atoms with van der Waals surface area (Å²) in [5.41, 5.74) is 30.0. The first-order valence-corrected chi connectivity index (χ1v) is 35.1. The molecule has 0 fully saturated rings. The van der Waals surface area contributed by atoms with E-state index < -0.39 is 11.8 Å². The number of nitrogens with zero attached hydrogens (tertiary/aromatic N) is 5. The molecule has 2 amide bonds. The van der Waals surface area contributed by atoms with Crippen LogP contribution in [0, 0.1) is 0 Å². The summed E-state index contributed by atoms with van der Waals surface area (Å²) in [4.78, 5) is 70.6. The van der Waals surface area contributed by atoms with Crippen molar-refractivity contribution in [3.8, 4) is 112 Å². The molecule has 11 nitrogen and oxygen atoms in total. The predicted octanol–water partition coefficient (Wildman–Crippen LogP) is 22.9. The Morgan fingerprint density at radius 2 is 0.419 bits per heavy atom. The molecule has 0 radical (unpaired) electrons. The van der Waals surface area contributed by atoms with Gasteiger partial charge in [-0.2, -0.15) is 0 Å². The predicted molar refractivity (Wildman–Crippen MR) is 428 cm³/mol. The molecule has 492 valence electrons. The van der Waals surface area contributed by atoms with Crippen LogP contribution in [0.15, 0.2) is 297 Å².